The SMILES string of the molecule is CC[C@@H](C)C(=O)N[C@H](C(=O)N1CCC[C@H]1CN(CCc1ccccc1)Cc1ccc(-c2ccc(CN(CCc3ccccc3)C[C@@H]3CCCN3C(=O)[C@@H](CC(=O)[C@H](C)NC)C(C)(C)C)cc2)cc1)C(C)(C)C. The maximum atomic E-state index is 14.4. The molecular weight excluding hydrogens is 893 g/mol. The topological polar surface area (TPSA) is 105 Å². The van der Waals surface area contributed by atoms with Crippen molar-refractivity contribution >= 4 is 23.5 Å². The van der Waals surface area contributed by atoms with Crippen LogP contribution in [-0.4, -0.2) is 114 Å². The summed E-state index contributed by atoms with van der Waals surface area (Å²) in [5.74, 6) is -0.347. The van der Waals surface area contributed by atoms with E-state index in [4.69, 9.17) is 0 Å². The highest BCUT2D eigenvalue weighted by Crippen LogP contribution is 2.34. The molecule has 2 aliphatic heterocycles. The summed E-state index contributed by atoms with van der Waals surface area (Å²) < 4.78 is 0. The van der Waals surface area contributed by atoms with E-state index in [1.165, 1.54) is 33.4 Å². The van der Waals surface area contributed by atoms with Crippen LogP contribution in [0.3, 0.4) is 0 Å². The number of likely N-dealkylation sites (N-methyl/N-ethyl adjacent to an activating group) is 1. The van der Waals surface area contributed by atoms with Crippen LogP contribution in [0.2, 0.25) is 0 Å². The lowest BCUT2D eigenvalue weighted by molar-refractivity contribution is -0.143. The van der Waals surface area contributed by atoms with Gasteiger partial charge in [0.25, 0.3) is 0 Å². The van der Waals surface area contributed by atoms with Gasteiger partial charge in [0.15, 0.2) is 0 Å². The Bertz CT molecular complexity index is 2160. The van der Waals surface area contributed by atoms with E-state index < -0.39 is 11.5 Å². The summed E-state index contributed by atoms with van der Waals surface area (Å²) in [6.07, 6.45) is 6.65. The summed E-state index contributed by atoms with van der Waals surface area (Å²) in [5, 5.41) is 6.22. The van der Waals surface area contributed by atoms with E-state index in [2.05, 4.69) is 160 Å². The first-order valence-electron chi connectivity index (χ1n) is 27.2. The number of carbonyl (C=O) groups is 4. The molecule has 390 valence electrons. The smallest absolute Gasteiger partial charge is 0.245 e. The van der Waals surface area contributed by atoms with Crippen LogP contribution < -0.4 is 10.6 Å². The van der Waals surface area contributed by atoms with E-state index in [9.17, 15) is 19.2 Å². The minimum atomic E-state index is -0.582. The second-order valence-electron chi connectivity index (χ2n) is 23.2. The maximum Gasteiger partial charge on any atom is 0.245 e. The lowest BCUT2D eigenvalue weighted by Gasteiger charge is -2.37. The number of hydrogen-bond donors (Lipinski definition) is 2. The Morgan fingerprint density at radius 2 is 1.06 bits per heavy atom. The second kappa shape index (κ2) is 26.2. The fourth-order valence-corrected chi connectivity index (χ4v) is 10.5. The van der Waals surface area contributed by atoms with Crippen molar-refractivity contribution in [2.24, 2.45) is 22.7 Å². The van der Waals surface area contributed by atoms with E-state index in [1.807, 2.05) is 41.5 Å². The summed E-state index contributed by atoms with van der Waals surface area (Å²) in [4.78, 5) is 64.2. The number of nitrogens with zero attached hydrogens (tertiary/aromatic N) is 4. The second-order valence-corrected chi connectivity index (χ2v) is 23.2. The molecule has 0 aromatic heterocycles. The number of nitrogens with one attached hydrogen (secondary N) is 2. The molecular formula is C62H88N6O4. The van der Waals surface area contributed by atoms with Gasteiger partial charge in [-0.3, -0.25) is 29.0 Å². The Labute approximate surface area is 433 Å². The molecule has 6 rings (SSSR count). The number of Topliss-reactive ketones (excluding diaryl/α,β-unsaturated/α-hetero) is 1. The Balaban J connectivity index is 1.14. The molecule has 4 aromatic rings. The Morgan fingerprint density at radius 3 is 1.46 bits per heavy atom. The van der Waals surface area contributed by atoms with Crippen molar-refractivity contribution in [2.45, 2.75) is 151 Å². The average Bonchev–Trinajstić information content (AvgIpc) is 4.05. The van der Waals surface area contributed by atoms with Crippen LogP contribution in [-0.2, 0) is 45.1 Å². The van der Waals surface area contributed by atoms with Gasteiger partial charge in [0.2, 0.25) is 17.7 Å². The molecule has 10 heteroatoms. The van der Waals surface area contributed by atoms with Gasteiger partial charge in [0, 0.05) is 82.7 Å². The van der Waals surface area contributed by atoms with Crippen molar-refractivity contribution in [3.05, 3.63) is 131 Å². The van der Waals surface area contributed by atoms with Crippen molar-refractivity contribution in [3.63, 3.8) is 0 Å². The molecule has 0 unspecified atom stereocenters. The van der Waals surface area contributed by atoms with Crippen LogP contribution >= 0.6 is 0 Å². The molecule has 2 N–H and O–H groups in total. The van der Waals surface area contributed by atoms with Crippen LogP contribution in [0.1, 0.15) is 123 Å². The van der Waals surface area contributed by atoms with E-state index in [0.717, 1.165) is 90.8 Å². The van der Waals surface area contributed by atoms with Gasteiger partial charge in [-0.25, -0.2) is 0 Å². The predicted octanol–water partition coefficient (Wildman–Crippen LogP) is 10.2. The van der Waals surface area contributed by atoms with Gasteiger partial charge in [-0.2, -0.15) is 0 Å². The molecule has 6 atom stereocenters. The van der Waals surface area contributed by atoms with Gasteiger partial charge in [0.1, 0.15) is 11.8 Å². The molecule has 0 aliphatic carbocycles. The Morgan fingerprint density at radius 1 is 0.611 bits per heavy atom. The molecule has 72 heavy (non-hydrogen) atoms. The molecule has 2 heterocycles. The van der Waals surface area contributed by atoms with Crippen LogP contribution in [0.4, 0.5) is 0 Å². The molecule has 4 aromatic carbocycles. The molecule has 3 amide bonds. The zero-order chi connectivity index (χ0) is 52.0. The molecule has 2 aliphatic rings. The molecule has 0 radical (unpaired) electrons. The molecule has 2 fully saturated rings. The van der Waals surface area contributed by atoms with E-state index in [1.54, 1.807) is 7.05 Å². The third kappa shape index (κ3) is 15.9. The van der Waals surface area contributed by atoms with Gasteiger partial charge in [0.05, 0.1) is 6.04 Å². The third-order valence-electron chi connectivity index (χ3n) is 15.6. The minimum Gasteiger partial charge on any atom is -0.344 e. The van der Waals surface area contributed by atoms with Gasteiger partial charge in [-0.05, 0) is 103 Å². The minimum absolute atomic E-state index is 0.0299. The lowest BCUT2D eigenvalue weighted by Crippen LogP contribution is -2.57. The van der Waals surface area contributed by atoms with Gasteiger partial charge >= 0.3 is 0 Å². The standard InChI is InChI=1S/C62H88N6O4/c1-11-45(2)58(70)64-57(62(7,8)9)60(72)68-37-19-25-54(68)44-66(39-35-48-22-16-13-17-23-48)42-50-28-32-52(33-29-50)51-30-26-49(27-31-51)41-65(38-34-47-20-14-12-15-21-47)43-53-24-18-36-67(53)59(71)55(61(4,5)6)40-56(69)46(3)63-10/h12-17,20-23,26-33,45-46,53-55,57,63H,11,18-19,24-25,34-44H2,1-10H3,(H,64,70)/t45-,46+,53+,54+,55-,57-/m1/s1. The number of carbonyl (C=O) groups excluding carboxylic acids is 4. The van der Waals surface area contributed by atoms with Crippen molar-refractivity contribution in [2.75, 3.05) is 46.3 Å². The zero-order valence-corrected chi connectivity index (χ0v) is 45.6. The highest BCUT2D eigenvalue weighted by Gasteiger charge is 2.42. The fraction of sp³-hybridized carbons (Fsp3) is 0.548. The quantitative estimate of drug-likeness (QED) is 0.0721. The summed E-state index contributed by atoms with van der Waals surface area (Å²) in [6, 6.07) is 38.5. The van der Waals surface area contributed by atoms with E-state index >= 15 is 0 Å². The van der Waals surface area contributed by atoms with Crippen molar-refractivity contribution in [1.29, 1.82) is 0 Å². The molecule has 0 saturated carbocycles. The van der Waals surface area contributed by atoms with E-state index in [-0.39, 0.29) is 65.3 Å². The average molecular weight is 981 g/mol. The number of amides is 3. The van der Waals surface area contributed by atoms with Crippen LogP contribution in [0.5, 0.6) is 0 Å². The summed E-state index contributed by atoms with van der Waals surface area (Å²) >= 11 is 0. The number of hydrogen-bond acceptors (Lipinski definition) is 7. The maximum absolute atomic E-state index is 14.4. The Kier molecular flexibility index (Phi) is 20.4. The number of benzene rings is 4. The van der Waals surface area contributed by atoms with Crippen molar-refractivity contribution in [3.8, 4) is 11.1 Å². The van der Waals surface area contributed by atoms with Gasteiger partial charge in [-0.15, -0.1) is 0 Å². The number of likely N-dealkylation sites (tertiary alicyclic amines) is 2. The predicted molar refractivity (Wildman–Crippen MR) is 294 cm³/mol. The van der Waals surface area contributed by atoms with E-state index in [0.29, 0.717) is 6.54 Å². The highest BCUT2D eigenvalue weighted by atomic mass is 16.2. The first-order chi connectivity index (χ1) is 34.3. The number of rotatable bonds is 24. The molecule has 2 saturated heterocycles. The summed E-state index contributed by atoms with van der Waals surface area (Å²) in [7, 11) is 1.80. The molecule has 0 spiro atoms. The van der Waals surface area contributed by atoms with Crippen LogP contribution in [0.25, 0.3) is 11.1 Å². The van der Waals surface area contributed by atoms with Crippen molar-refractivity contribution in [1.82, 2.24) is 30.2 Å². The first-order valence-corrected chi connectivity index (χ1v) is 27.2. The zero-order valence-electron chi connectivity index (χ0n) is 45.6. The molecule has 0 bridgehead atoms. The number of ketones is 1. The fourth-order valence-electron chi connectivity index (χ4n) is 10.5. The largest absolute Gasteiger partial charge is 0.344 e. The lowest BCUT2D eigenvalue weighted by atomic mass is 9.76. The summed E-state index contributed by atoms with van der Waals surface area (Å²) in [5.41, 5.74) is 6.64. The van der Waals surface area contributed by atoms with Gasteiger partial charge < -0.3 is 20.4 Å². The van der Waals surface area contributed by atoms with Crippen LogP contribution in [0.15, 0.2) is 109 Å². The normalized spacial score (nSPS) is 18.1. The monoisotopic (exact) mass is 981 g/mol. The van der Waals surface area contributed by atoms with Crippen LogP contribution in [0, 0.1) is 22.7 Å². The summed E-state index contributed by atoms with van der Waals surface area (Å²) in [6.45, 7) is 24.5. The Hall–Kier alpha value is -5.16. The highest BCUT2D eigenvalue weighted by molar-refractivity contribution is 5.90. The first kappa shape index (κ1) is 56.1. The third-order valence-corrected chi connectivity index (χ3v) is 15.6. The van der Waals surface area contributed by atoms with Gasteiger partial charge in [-0.1, -0.05) is 165 Å². The van der Waals surface area contributed by atoms with Crippen molar-refractivity contribution < 1.29 is 19.2 Å². The molecule has 10 nitrogen and oxygen atoms in total.